The highest BCUT2D eigenvalue weighted by Crippen LogP contribution is 2.33. The first-order valence-corrected chi connectivity index (χ1v) is 11.6. The van der Waals surface area contributed by atoms with E-state index in [1.54, 1.807) is 0 Å². The molecule has 160 valence electrons. The summed E-state index contributed by atoms with van der Waals surface area (Å²) in [5.74, 6) is 0. The highest BCUT2D eigenvalue weighted by Gasteiger charge is 2.18. The van der Waals surface area contributed by atoms with Crippen LogP contribution in [0.15, 0.2) is 48.7 Å². The quantitative estimate of drug-likeness (QED) is 0.521. The molecular formula is C24H30Cl2N4. The molecule has 2 aliphatic heterocycles. The summed E-state index contributed by atoms with van der Waals surface area (Å²) in [6.07, 6.45) is 4.45. The molecule has 4 nitrogen and oxygen atoms in total. The van der Waals surface area contributed by atoms with Gasteiger partial charge in [-0.15, -0.1) is 0 Å². The minimum Gasteiger partial charge on any atom is -0.385 e. The lowest BCUT2D eigenvalue weighted by Gasteiger charge is -2.25. The Kier molecular flexibility index (Phi) is 7.08. The van der Waals surface area contributed by atoms with E-state index >= 15 is 0 Å². The SMILES string of the molecule is C=C1Cc2ccc(NCCCCN3CCCN(c4cccc(Cl)c4Cl)CC3)cc2N1. The summed E-state index contributed by atoms with van der Waals surface area (Å²) in [7, 11) is 0. The molecule has 0 saturated carbocycles. The molecule has 1 saturated heterocycles. The Hall–Kier alpha value is -1.88. The van der Waals surface area contributed by atoms with E-state index in [0.717, 1.165) is 69.9 Å². The topological polar surface area (TPSA) is 30.5 Å². The highest BCUT2D eigenvalue weighted by atomic mass is 35.5. The molecule has 2 aliphatic rings. The molecule has 30 heavy (non-hydrogen) atoms. The van der Waals surface area contributed by atoms with Crippen molar-refractivity contribution in [2.75, 3.05) is 54.8 Å². The van der Waals surface area contributed by atoms with Gasteiger partial charge in [0, 0.05) is 49.7 Å². The predicted molar refractivity (Wildman–Crippen MR) is 130 cm³/mol. The number of nitrogens with one attached hydrogen (secondary N) is 2. The average molecular weight is 445 g/mol. The van der Waals surface area contributed by atoms with Crippen LogP contribution >= 0.6 is 23.2 Å². The van der Waals surface area contributed by atoms with Crippen LogP contribution in [0.25, 0.3) is 0 Å². The highest BCUT2D eigenvalue weighted by molar-refractivity contribution is 6.43. The fourth-order valence-corrected chi connectivity index (χ4v) is 4.70. The van der Waals surface area contributed by atoms with Gasteiger partial charge in [-0.05, 0) is 62.2 Å². The number of nitrogens with zero attached hydrogens (tertiary/aromatic N) is 2. The molecule has 2 aromatic rings. The van der Waals surface area contributed by atoms with Crippen molar-refractivity contribution in [3.8, 4) is 0 Å². The fourth-order valence-electron chi connectivity index (χ4n) is 4.29. The van der Waals surface area contributed by atoms with E-state index in [-0.39, 0.29) is 0 Å². The number of fused-ring (bicyclic) bond motifs is 1. The Labute approximate surface area is 189 Å². The molecule has 0 radical (unpaired) electrons. The van der Waals surface area contributed by atoms with E-state index in [2.05, 4.69) is 51.3 Å². The molecule has 0 bridgehead atoms. The summed E-state index contributed by atoms with van der Waals surface area (Å²) in [5.41, 5.74) is 5.84. The van der Waals surface area contributed by atoms with E-state index in [0.29, 0.717) is 10.0 Å². The zero-order chi connectivity index (χ0) is 20.9. The van der Waals surface area contributed by atoms with Crippen molar-refractivity contribution in [2.45, 2.75) is 25.7 Å². The zero-order valence-corrected chi connectivity index (χ0v) is 18.9. The number of rotatable bonds is 7. The largest absolute Gasteiger partial charge is 0.385 e. The Morgan fingerprint density at radius 1 is 1.03 bits per heavy atom. The number of allylic oxidation sites excluding steroid dienone is 1. The van der Waals surface area contributed by atoms with Crippen LogP contribution < -0.4 is 15.5 Å². The van der Waals surface area contributed by atoms with E-state index in [9.17, 15) is 0 Å². The summed E-state index contributed by atoms with van der Waals surface area (Å²) in [4.78, 5) is 4.94. The van der Waals surface area contributed by atoms with Crippen molar-refractivity contribution < 1.29 is 0 Å². The third-order valence-electron chi connectivity index (χ3n) is 5.92. The van der Waals surface area contributed by atoms with E-state index in [1.807, 2.05) is 12.1 Å². The molecule has 0 unspecified atom stereocenters. The van der Waals surface area contributed by atoms with Gasteiger partial charge in [-0.1, -0.05) is 41.9 Å². The van der Waals surface area contributed by atoms with Gasteiger partial charge in [-0.2, -0.15) is 0 Å². The number of unbranched alkanes of at least 4 members (excludes halogenated alkanes) is 1. The minimum absolute atomic E-state index is 0.631. The second kappa shape index (κ2) is 9.95. The predicted octanol–water partition coefficient (Wildman–Crippen LogP) is 5.88. The lowest BCUT2D eigenvalue weighted by Crippen LogP contribution is -2.31. The van der Waals surface area contributed by atoms with Crippen molar-refractivity contribution in [3.05, 3.63) is 64.3 Å². The summed E-state index contributed by atoms with van der Waals surface area (Å²) in [6, 6.07) is 12.5. The maximum Gasteiger partial charge on any atom is 0.0825 e. The Balaban J connectivity index is 1.18. The van der Waals surface area contributed by atoms with Crippen molar-refractivity contribution >= 4 is 40.3 Å². The van der Waals surface area contributed by atoms with Gasteiger partial charge in [0.2, 0.25) is 0 Å². The Morgan fingerprint density at radius 3 is 2.83 bits per heavy atom. The Bertz CT molecular complexity index is 899. The fraction of sp³-hybridized carbons (Fsp3) is 0.417. The summed E-state index contributed by atoms with van der Waals surface area (Å²) >= 11 is 12.6. The van der Waals surface area contributed by atoms with E-state index < -0.39 is 0 Å². The lowest BCUT2D eigenvalue weighted by atomic mass is 10.1. The van der Waals surface area contributed by atoms with E-state index in [4.69, 9.17) is 23.2 Å². The Morgan fingerprint density at radius 2 is 1.93 bits per heavy atom. The second-order valence-corrected chi connectivity index (χ2v) is 8.95. The van der Waals surface area contributed by atoms with Crippen LogP contribution in [0.4, 0.5) is 17.1 Å². The molecule has 2 aromatic carbocycles. The zero-order valence-electron chi connectivity index (χ0n) is 17.4. The third-order valence-corrected chi connectivity index (χ3v) is 6.72. The third kappa shape index (κ3) is 5.23. The van der Waals surface area contributed by atoms with Gasteiger partial charge < -0.3 is 20.4 Å². The monoisotopic (exact) mass is 444 g/mol. The number of hydrogen-bond acceptors (Lipinski definition) is 4. The summed E-state index contributed by atoms with van der Waals surface area (Å²) < 4.78 is 0. The number of benzene rings is 2. The van der Waals surface area contributed by atoms with Crippen molar-refractivity contribution in [3.63, 3.8) is 0 Å². The maximum absolute atomic E-state index is 6.42. The van der Waals surface area contributed by atoms with Gasteiger partial charge >= 0.3 is 0 Å². The number of halogens is 2. The van der Waals surface area contributed by atoms with Gasteiger partial charge in [0.25, 0.3) is 0 Å². The van der Waals surface area contributed by atoms with Crippen LogP contribution in [-0.2, 0) is 6.42 Å². The van der Waals surface area contributed by atoms with Crippen LogP contribution in [0.1, 0.15) is 24.8 Å². The molecule has 4 rings (SSSR count). The van der Waals surface area contributed by atoms with Crippen molar-refractivity contribution in [2.24, 2.45) is 0 Å². The summed E-state index contributed by atoms with van der Waals surface area (Å²) in [6.45, 7) is 10.4. The van der Waals surface area contributed by atoms with Gasteiger partial charge in [0.15, 0.2) is 0 Å². The average Bonchev–Trinajstić information content (AvgIpc) is 2.94. The number of hydrogen-bond donors (Lipinski definition) is 2. The minimum atomic E-state index is 0.631. The second-order valence-electron chi connectivity index (χ2n) is 8.17. The van der Waals surface area contributed by atoms with Crippen molar-refractivity contribution in [1.82, 2.24) is 4.90 Å². The van der Waals surface area contributed by atoms with Crippen LogP contribution in [0, 0.1) is 0 Å². The molecule has 0 amide bonds. The molecule has 0 aliphatic carbocycles. The molecule has 0 atom stereocenters. The van der Waals surface area contributed by atoms with Gasteiger partial charge in [0.1, 0.15) is 0 Å². The normalized spacial score (nSPS) is 16.9. The first-order valence-electron chi connectivity index (χ1n) is 10.8. The first-order chi connectivity index (χ1) is 14.6. The maximum atomic E-state index is 6.42. The van der Waals surface area contributed by atoms with E-state index in [1.165, 1.54) is 23.4 Å². The van der Waals surface area contributed by atoms with Crippen molar-refractivity contribution in [1.29, 1.82) is 0 Å². The molecule has 6 heteroatoms. The molecule has 0 spiro atoms. The molecule has 2 N–H and O–H groups in total. The summed E-state index contributed by atoms with van der Waals surface area (Å²) in [5, 5.41) is 8.21. The molecular weight excluding hydrogens is 415 g/mol. The van der Waals surface area contributed by atoms with Gasteiger partial charge in [-0.3, -0.25) is 0 Å². The first kappa shape index (κ1) is 21.4. The van der Waals surface area contributed by atoms with Crippen LogP contribution in [-0.4, -0.2) is 44.2 Å². The lowest BCUT2D eigenvalue weighted by molar-refractivity contribution is 0.288. The number of anilines is 3. The van der Waals surface area contributed by atoms with Gasteiger partial charge in [0.05, 0.1) is 15.7 Å². The van der Waals surface area contributed by atoms with Crippen LogP contribution in [0.3, 0.4) is 0 Å². The molecule has 1 fully saturated rings. The smallest absolute Gasteiger partial charge is 0.0825 e. The standard InChI is InChI=1S/C24H30Cl2N4/c1-18-16-19-8-9-20(17-22(19)28-18)27-10-2-3-11-29-12-5-13-30(15-14-29)23-7-4-6-21(25)24(23)26/h4,6-9,17,27-28H,1-3,5,10-16H2. The van der Waals surface area contributed by atoms with Crippen LogP contribution in [0.2, 0.25) is 10.0 Å². The molecule has 0 aromatic heterocycles. The van der Waals surface area contributed by atoms with Crippen LogP contribution in [0.5, 0.6) is 0 Å². The van der Waals surface area contributed by atoms with Gasteiger partial charge in [-0.25, -0.2) is 0 Å². The molecule has 2 heterocycles.